The normalized spacial score (nSPS) is 16.1. The van der Waals surface area contributed by atoms with Crippen LogP contribution in [0.25, 0.3) is 0 Å². The number of allylic oxidation sites excluding steroid dienone is 4. The molecule has 0 fully saturated rings. The SMILES string of the molecule is CCCC1=CCC(c2cc(F)c(C(=O)Oc3ccc(F)cc3)c(F)c2)C=C1. The molecule has 0 radical (unpaired) electrons. The Kier molecular flexibility index (Phi) is 5.79. The Bertz CT molecular complexity index is 875. The van der Waals surface area contributed by atoms with Gasteiger partial charge in [0.25, 0.3) is 0 Å². The first kappa shape index (κ1) is 19.0. The molecule has 1 unspecified atom stereocenters. The second-order valence-electron chi connectivity index (χ2n) is 6.43. The third-order valence-electron chi connectivity index (χ3n) is 4.44. The topological polar surface area (TPSA) is 26.3 Å². The first-order chi connectivity index (χ1) is 13.0. The Labute approximate surface area is 156 Å². The lowest BCUT2D eigenvalue weighted by Gasteiger charge is -2.17. The summed E-state index contributed by atoms with van der Waals surface area (Å²) in [4.78, 5) is 12.1. The molecule has 0 saturated heterocycles. The summed E-state index contributed by atoms with van der Waals surface area (Å²) in [7, 11) is 0. The zero-order valence-electron chi connectivity index (χ0n) is 14.8. The second-order valence-corrected chi connectivity index (χ2v) is 6.43. The van der Waals surface area contributed by atoms with Gasteiger partial charge in [0.1, 0.15) is 28.8 Å². The predicted octanol–water partition coefficient (Wildman–Crippen LogP) is 6.09. The average molecular weight is 372 g/mol. The molecule has 0 saturated carbocycles. The Morgan fingerprint density at radius 3 is 2.33 bits per heavy atom. The minimum atomic E-state index is -1.16. The maximum absolute atomic E-state index is 14.4. The van der Waals surface area contributed by atoms with Gasteiger partial charge in [0.15, 0.2) is 0 Å². The van der Waals surface area contributed by atoms with E-state index in [1.807, 2.05) is 12.2 Å². The van der Waals surface area contributed by atoms with Gasteiger partial charge in [-0.3, -0.25) is 0 Å². The summed E-state index contributed by atoms with van der Waals surface area (Å²) in [6.45, 7) is 2.09. The molecular formula is C22H19F3O2. The van der Waals surface area contributed by atoms with Crippen LogP contribution in [0.1, 0.15) is 48.0 Å². The van der Waals surface area contributed by atoms with Crippen LogP contribution in [-0.4, -0.2) is 5.97 Å². The maximum Gasteiger partial charge on any atom is 0.349 e. The molecule has 0 aliphatic heterocycles. The van der Waals surface area contributed by atoms with Gasteiger partial charge in [-0.1, -0.05) is 37.1 Å². The molecule has 3 rings (SSSR count). The highest BCUT2D eigenvalue weighted by molar-refractivity contribution is 5.91. The molecule has 2 aromatic carbocycles. The molecule has 27 heavy (non-hydrogen) atoms. The molecule has 0 amide bonds. The zero-order chi connectivity index (χ0) is 19.4. The fourth-order valence-corrected chi connectivity index (χ4v) is 3.05. The second kappa shape index (κ2) is 8.25. The highest BCUT2D eigenvalue weighted by Gasteiger charge is 2.23. The van der Waals surface area contributed by atoms with Crippen LogP contribution >= 0.6 is 0 Å². The van der Waals surface area contributed by atoms with E-state index in [0.29, 0.717) is 12.0 Å². The lowest BCUT2D eigenvalue weighted by Crippen LogP contribution is -2.14. The molecule has 1 atom stereocenters. The van der Waals surface area contributed by atoms with Crippen molar-refractivity contribution >= 4 is 5.97 Å². The monoisotopic (exact) mass is 372 g/mol. The minimum absolute atomic E-state index is 0.00748. The van der Waals surface area contributed by atoms with E-state index < -0.39 is 29.0 Å². The van der Waals surface area contributed by atoms with Gasteiger partial charge in [0.2, 0.25) is 0 Å². The van der Waals surface area contributed by atoms with Crippen LogP contribution in [0.5, 0.6) is 5.75 Å². The quantitative estimate of drug-likeness (QED) is 0.469. The number of hydrogen-bond acceptors (Lipinski definition) is 2. The Balaban J connectivity index is 1.78. The van der Waals surface area contributed by atoms with Crippen molar-refractivity contribution in [3.05, 3.63) is 88.8 Å². The van der Waals surface area contributed by atoms with E-state index in [1.54, 1.807) is 0 Å². The molecule has 1 aliphatic carbocycles. The Hall–Kier alpha value is -2.82. The van der Waals surface area contributed by atoms with Crippen LogP contribution in [0.4, 0.5) is 13.2 Å². The van der Waals surface area contributed by atoms with Crippen LogP contribution in [0.15, 0.2) is 60.2 Å². The summed E-state index contributed by atoms with van der Waals surface area (Å²) in [6.07, 6.45) is 8.64. The highest BCUT2D eigenvalue weighted by Crippen LogP contribution is 2.30. The van der Waals surface area contributed by atoms with E-state index in [0.717, 1.165) is 37.1 Å². The van der Waals surface area contributed by atoms with Crippen molar-refractivity contribution < 1.29 is 22.7 Å². The number of ether oxygens (including phenoxy) is 1. The molecule has 5 heteroatoms. The van der Waals surface area contributed by atoms with Crippen molar-refractivity contribution in [1.82, 2.24) is 0 Å². The van der Waals surface area contributed by atoms with E-state index >= 15 is 0 Å². The van der Waals surface area contributed by atoms with Gasteiger partial charge in [0.05, 0.1) is 0 Å². The van der Waals surface area contributed by atoms with Crippen molar-refractivity contribution in [1.29, 1.82) is 0 Å². The molecule has 140 valence electrons. The average Bonchev–Trinajstić information content (AvgIpc) is 2.64. The number of hydrogen-bond donors (Lipinski definition) is 0. The molecule has 0 N–H and O–H groups in total. The van der Waals surface area contributed by atoms with E-state index in [-0.39, 0.29) is 11.7 Å². The van der Waals surface area contributed by atoms with E-state index in [1.165, 1.54) is 17.7 Å². The molecule has 0 bridgehead atoms. The lowest BCUT2D eigenvalue weighted by atomic mass is 9.88. The largest absolute Gasteiger partial charge is 0.423 e. The number of benzene rings is 2. The number of halogens is 3. The van der Waals surface area contributed by atoms with Crippen molar-refractivity contribution in [2.24, 2.45) is 0 Å². The van der Waals surface area contributed by atoms with Crippen LogP contribution in [0.3, 0.4) is 0 Å². The number of esters is 1. The molecule has 2 aromatic rings. The first-order valence-corrected chi connectivity index (χ1v) is 8.82. The van der Waals surface area contributed by atoms with Crippen molar-refractivity contribution in [3.8, 4) is 5.75 Å². The standard InChI is InChI=1S/C22H19F3O2/c1-2-3-14-4-6-15(7-5-14)16-12-19(24)21(20(25)13-16)22(26)27-18-10-8-17(23)9-11-18/h4-6,8-13,15H,2-3,7H2,1H3. The van der Waals surface area contributed by atoms with E-state index in [4.69, 9.17) is 4.74 Å². The summed E-state index contributed by atoms with van der Waals surface area (Å²) in [5, 5.41) is 0. The third kappa shape index (κ3) is 4.48. The third-order valence-corrected chi connectivity index (χ3v) is 4.44. The summed E-state index contributed by atoms with van der Waals surface area (Å²) in [5.41, 5.74) is 0.922. The van der Waals surface area contributed by atoms with Gasteiger partial charge in [-0.2, -0.15) is 0 Å². The zero-order valence-corrected chi connectivity index (χ0v) is 14.8. The van der Waals surface area contributed by atoms with Gasteiger partial charge < -0.3 is 4.74 Å². The van der Waals surface area contributed by atoms with E-state index in [9.17, 15) is 18.0 Å². The van der Waals surface area contributed by atoms with Crippen LogP contribution in [0, 0.1) is 17.5 Å². The molecule has 1 aliphatic rings. The van der Waals surface area contributed by atoms with E-state index in [2.05, 4.69) is 13.0 Å². The minimum Gasteiger partial charge on any atom is -0.423 e. The number of carbonyl (C=O) groups is 1. The molecular weight excluding hydrogens is 353 g/mol. The summed E-state index contributed by atoms with van der Waals surface area (Å²) < 4.78 is 46.7. The van der Waals surface area contributed by atoms with Gasteiger partial charge in [-0.15, -0.1) is 0 Å². The number of rotatable bonds is 5. The fourth-order valence-electron chi connectivity index (χ4n) is 3.05. The van der Waals surface area contributed by atoms with Gasteiger partial charge in [-0.05, 0) is 54.8 Å². The van der Waals surface area contributed by atoms with Crippen LogP contribution in [-0.2, 0) is 0 Å². The Morgan fingerprint density at radius 2 is 1.78 bits per heavy atom. The molecule has 2 nitrogen and oxygen atoms in total. The van der Waals surface area contributed by atoms with Gasteiger partial charge >= 0.3 is 5.97 Å². The van der Waals surface area contributed by atoms with Gasteiger partial charge in [-0.25, -0.2) is 18.0 Å². The van der Waals surface area contributed by atoms with Crippen molar-refractivity contribution in [2.75, 3.05) is 0 Å². The van der Waals surface area contributed by atoms with Crippen LogP contribution < -0.4 is 4.74 Å². The van der Waals surface area contributed by atoms with Crippen LogP contribution in [0.2, 0.25) is 0 Å². The van der Waals surface area contributed by atoms with Gasteiger partial charge in [0, 0.05) is 5.92 Å². The summed E-state index contributed by atoms with van der Waals surface area (Å²) in [5.74, 6) is -3.76. The smallest absolute Gasteiger partial charge is 0.349 e. The molecule has 0 spiro atoms. The first-order valence-electron chi connectivity index (χ1n) is 8.82. The van der Waals surface area contributed by atoms with Crippen molar-refractivity contribution in [2.45, 2.75) is 32.1 Å². The predicted molar refractivity (Wildman–Crippen MR) is 97.2 cm³/mol. The highest BCUT2D eigenvalue weighted by atomic mass is 19.1. The summed E-state index contributed by atoms with van der Waals surface area (Å²) in [6, 6.07) is 6.94. The number of carbonyl (C=O) groups excluding carboxylic acids is 1. The van der Waals surface area contributed by atoms with Crippen molar-refractivity contribution in [3.63, 3.8) is 0 Å². The summed E-state index contributed by atoms with van der Waals surface area (Å²) >= 11 is 0. The maximum atomic E-state index is 14.4. The molecule has 0 heterocycles. The Morgan fingerprint density at radius 1 is 1.11 bits per heavy atom. The molecule has 0 aromatic heterocycles. The lowest BCUT2D eigenvalue weighted by molar-refractivity contribution is 0.0724. The fraction of sp³-hybridized carbons (Fsp3) is 0.227.